The molecule has 0 radical (unpaired) electrons. The number of halogens is 1. The largest absolute Gasteiger partial charge is 0.384 e. The maximum Gasteiger partial charge on any atom is 0.271 e. The first-order valence-corrected chi connectivity index (χ1v) is 7.82. The molecule has 0 saturated carbocycles. The minimum atomic E-state index is -0.426. The zero-order chi connectivity index (χ0) is 15.0. The molecule has 0 amide bonds. The van der Waals surface area contributed by atoms with Gasteiger partial charge in [-0.2, -0.15) is 0 Å². The maximum atomic E-state index is 10.7. The van der Waals surface area contributed by atoms with Crippen LogP contribution in [0.15, 0.2) is 18.2 Å². The predicted molar refractivity (Wildman–Crippen MR) is 83.9 cm³/mol. The number of nitro groups is 1. The molecule has 6 heteroatoms. The quantitative estimate of drug-likeness (QED) is 0.683. The van der Waals surface area contributed by atoms with Gasteiger partial charge in [-0.1, -0.05) is 11.6 Å². The van der Waals surface area contributed by atoms with Gasteiger partial charge in [-0.25, -0.2) is 0 Å². The minimum Gasteiger partial charge on any atom is -0.384 e. The van der Waals surface area contributed by atoms with Crippen LogP contribution < -0.4 is 5.32 Å². The molecule has 114 valence electrons. The second-order valence-corrected chi connectivity index (χ2v) is 6.60. The third kappa shape index (κ3) is 2.99. The summed E-state index contributed by atoms with van der Waals surface area (Å²) in [6.45, 7) is 0.887. The van der Waals surface area contributed by atoms with Crippen molar-refractivity contribution in [3.05, 3.63) is 33.3 Å². The number of nitro benzene ring substituents is 1. The molecule has 2 aliphatic heterocycles. The van der Waals surface area contributed by atoms with Crippen LogP contribution in [-0.4, -0.2) is 35.5 Å². The lowest BCUT2D eigenvalue weighted by atomic mass is 9.91. The molecule has 1 N–H and O–H groups in total. The highest BCUT2D eigenvalue weighted by Crippen LogP contribution is 2.37. The van der Waals surface area contributed by atoms with Crippen LogP contribution in [0.5, 0.6) is 0 Å². The van der Waals surface area contributed by atoms with E-state index >= 15 is 0 Å². The number of rotatable bonds is 4. The van der Waals surface area contributed by atoms with E-state index in [0.29, 0.717) is 10.9 Å². The number of benzene rings is 1. The van der Waals surface area contributed by atoms with E-state index < -0.39 is 4.92 Å². The lowest BCUT2D eigenvalue weighted by Gasteiger charge is -2.36. The summed E-state index contributed by atoms with van der Waals surface area (Å²) in [5.74, 6) is 0.657. The maximum absolute atomic E-state index is 10.7. The Hall–Kier alpha value is -1.33. The van der Waals surface area contributed by atoms with Crippen LogP contribution in [0.4, 0.5) is 11.4 Å². The third-order valence-electron chi connectivity index (χ3n) is 4.94. The highest BCUT2D eigenvalue weighted by Gasteiger charge is 2.38. The first-order valence-electron chi connectivity index (χ1n) is 7.44. The van der Waals surface area contributed by atoms with E-state index in [1.807, 2.05) is 0 Å². The third-order valence-corrected chi connectivity index (χ3v) is 5.25. The molecule has 0 spiro atoms. The van der Waals surface area contributed by atoms with Gasteiger partial charge in [0.15, 0.2) is 0 Å². The summed E-state index contributed by atoms with van der Waals surface area (Å²) in [6.07, 6.45) is 5.08. The highest BCUT2D eigenvalue weighted by molar-refractivity contribution is 6.33. The fourth-order valence-electron chi connectivity index (χ4n) is 3.71. The Kier molecular flexibility index (Phi) is 4.04. The molecule has 2 saturated heterocycles. The zero-order valence-corrected chi connectivity index (χ0v) is 12.8. The molecule has 2 atom stereocenters. The van der Waals surface area contributed by atoms with Crippen LogP contribution in [0.3, 0.4) is 0 Å². The number of hydrogen-bond acceptors (Lipinski definition) is 4. The summed E-state index contributed by atoms with van der Waals surface area (Å²) >= 11 is 6.11. The second-order valence-electron chi connectivity index (χ2n) is 6.19. The summed E-state index contributed by atoms with van der Waals surface area (Å²) in [5, 5.41) is 14.5. The van der Waals surface area contributed by atoms with Crippen LogP contribution in [0.2, 0.25) is 5.02 Å². The molecule has 21 heavy (non-hydrogen) atoms. The van der Waals surface area contributed by atoms with Crippen LogP contribution in [0.1, 0.15) is 25.7 Å². The summed E-state index contributed by atoms with van der Waals surface area (Å²) in [6, 6.07) is 6.05. The summed E-state index contributed by atoms with van der Waals surface area (Å²) in [4.78, 5) is 12.8. The van der Waals surface area contributed by atoms with Gasteiger partial charge in [-0.05, 0) is 44.7 Å². The molecule has 5 nitrogen and oxygen atoms in total. The van der Waals surface area contributed by atoms with Gasteiger partial charge in [-0.15, -0.1) is 0 Å². The Morgan fingerprint density at radius 2 is 2.05 bits per heavy atom. The molecular formula is C15H20ClN3O2. The van der Waals surface area contributed by atoms with Gasteiger partial charge in [0.1, 0.15) is 0 Å². The highest BCUT2D eigenvalue weighted by atomic mass is 35.5. The Morgan fingerprint density at radius 1 is 1.38 bits per heavy atom. The van der Waals surface area contributed by atoms with E-state index in [-0.39, 0.29) is 5.69 Å². The van der Waals surface area contributed by atoms with Crippen molar-refractivity contribution in [1.82, 2.24) is 4.90 Å². The first-order chi connectivity index (χ1) is 10.0. The van der Waals surface area contributed by atoms with Gasteiger partial charge in [-0.3, -0.25) is 10.1 Å². The summed E-state index contributed by atoms with van der Waals surface area (Å²) < 4.78 is 0. The van der Waals surface area contributed by atoms with Crippen molar-refractivity contribution in [2.45, 2.75) is 37.8 Å². The molecule has 1 aromatic rings. The fourth-order valence-corrected chi connectivity index (χ4v) is 3.95. The summed E-state index contributed by atoms with van der Waals surface area (Å²) in [7, 11) is 2.24. The molecule has 2 heterocycles. The van der Waals surface area contributed by atoms with Crippen LogP contribution in [0, 0.1) is 16.0 Å². The van der Waals surface area contributed by atoms with E-state index in [1.165, 1.54) is 37.8 Å². The number of piperidine rings is 1. The number of non-ortho nitro benzene ring substituents is 1. The standard InChI is InChI=1S/C15H20ClN3O2/c1-18-11-2-3-12(18)7-10(6-11)9-17-15-5-4-13(19(20)21)8-14(15)16/h4-5,8,10-12,17H,2-3,6-7,9H2,1H3. The number of nitrogens with one attached hydrogen (secondary N) is 1. The number of fused-ring (bicyclic) bond motifs is 2. The van der Waals surface area contributed by atoms with Crippen molar-refractivity contribution in [3.8, 4) is 0 Å². The van der Waals surface area contributed by atoms with Crippen molar-refractivity contribution in [2.75, 3.05) is 18.9 Å². The van der Waals surface area contributed by atoms with E-state index in [9.17, 15) is 10.1 Å². The Labute approximate surface area is 129 Å². The van der Waals surface area contributed by atoms with E-state index in [2.05, 4.69) is 17.3 Å². The topological polar surface area (TPSA) is 58.4 Å². The average molecular weight is 310 g/mol. The Balaban J connectivity index is 1.60. The Morgan fingerprint density at radius 3 is 2.62 bits per heavy atom. The lowest BCUT2D eigenvalue weighted by Crippen LogP contribution is -2.41. The second kappa shape index (κ2) is 5.81. The molecule has 2 unspecified atom stereocenters. The van der Waals surface area contributed by atoms with Crippen molar-refractivity contribution in [3.63, 3.8) is 0 Å². The zero-order valence-electron chi connectivity index (χ0n) is 12.1. The molecule has 2 aliphatic rings. The number of hydrogen-bond donors (Lipinski definition) is 1. The van der Waals surface area contributed by atoms with Gasteiger partial charge in [0.2, 0.25) is 0 Å². The molecule has 0 aliphatic carbocycles. The summed E-state index contributed by atoms with van der Waals surface area (Å²) in [5.41, 5.74) is 0.816. The van der Waals surface area contributed by atoms with Crippen molar-refractivity contribution < 1.29 is 4.92 Å². The van der Waals surface area contributed by atoms with Gasteiger partial charge >= 0.3 is 0 Å². The smallest absolute Gasteiger partial charge is 0.271 e. The molecule has 1 aromatic carbocycles. The van der Waals surface area contributed by atoms with E-state index in [4.69, 9.17) is 11.6 Å². The first kappa shape index (κ1) is 14.6. The SMILES string of the molecule is CN1C2CCC1CC(CNc1ccc([N+](=O)[O-])cc1Cl)C2. The fraction of sp³-hybridized carbons (Fsp3) is 0.600. The van der Waals surface area contributed by atoms with E-state index in [1.54, 1.807) is 6.07 Å². The number of anilines is 1. The van der Waals surface area contributed by atoms with Crippen molar-refractivity contribution >= 4 is 23.0 Å². The van der Waals surface area contributed by atoms with Gasteiger partial charge < -0.3 is 10.2 Å². The molecule has 0 aromatic heterocycles. The van der Waals surface area contributed by atoms with Crippen LogP contribution in [-0.2, 0) is 0 Å². The van der Waals surface area contributed by atoms with Crippen LogP contribution >= 0.6 is 11.6 Å². The molecule has 2 bridgehead atoms. The van der Waals surface area contributed by atoms with Gasteiger partial charge in [0, 0.05) is 30.8 Å². The molecule has 2 fully saturated rings. The van der Waals surface area contributed by atoms with Gasteiger partial charge in [0.05, 0.1) is 15.6 Å². The number of nitrogens with zero attached hydrogens (tertiary/aromatic N) is 2. The Bertz CT molecular complexity index is 538. The molecule has 3 rings (SSSR count). The van der Waals surface area contributed by atoms with E-state index in [0.717, 1.165) is 24.3 Å². The van der Waals surface area contributed by atoms with Crippen LogP contribution in [0.25, 0.3) is 0 Å². The van der Waals surface area contributed by atoms with Crippen molar-refractivity contribution in [2.24, 2.45) is 5.92 Å². The molecular weight excluding hydrogens is 290 g/mol. The predicted octanol–water partition coefficient (Wildman–Crippen LogP) is 3.53. The van der Waals surface area contributed by atoms with Gasteiger partial charge in [0.25, 0.3) is 5.69 Å². The van der Waals surface area contributed by atoms with Crippen molar-refractivity contribution in [1.29, 1.82) is 0 Å². The monoisotopic (exact) mass is 309 g/mol. The normalized spacial score (nSPS) is 28.6. The lowest BCUT2D eigenvalue weighted by molar-refractivity contribution is -0.384. The minimum absolute atomic E-state index is 0.0304. The average Bonchev–Trinajstić information content (AvgIpc) is 2.68.